The summed E-state index contributed by atoms with van der Waals surface area (Å²) >= 11 is 1.26. The number of hydrazone groups is 1. The molecule has 3 rings (SSSR count). The largest absolute Gasteiger partial charge is 0.291 e. The number of benzene rings is 2. The summed E-state index contributed by atoms with van der Waals surface area (Å²) in [6.07, 6.45) is 1.38. The number of nitrogens with zero attached hydrogens (tertiary/aromatic N) is 2. The molecular weight excluding hydrogens is 289 g/mol. The molecule has 0 saturated carbocycles. The lowest BCUT2D eigenvalue weighted by Crippen LogP contribution is -2.18. The molecule has 1 amide bonds. The Morgan fingerprint density at radius 1 is 1.24 bits per heavy atom. The van der Waals surface area contributed by atoms with Gasteiger partial charge in [-0.05, 0) is 35.3 Å². The van der Waals surface area contributed by atoms with Crippen molar-refractivity contribution >= 4 is 33.7 Å². The molecule has 0 aliphatic rings. The van der Waals surface area contributed by atoms with E-state index in [2.05, 4.69) is 14.9 Å². The predicted octanol–water partition coefficient (Wildman–Crippen LogP) is 3.20. The Morgan fingerprint density at radius 2 is 2.10 bits per heavy atom. The molecule has 0 atom stereocenters. The Morgan fingerprint density at radius 3 is 2.95 bits per heavy atom. The summed E-state index contributed by atoms with van der Waals surface area (Å²) in [5.41, 5.74) is 3.31. The maximum absolute atomic E-state index is 13.0. The molecule has 1 aromatic heterocycles. The van der Waals surface area contributed by atoms with E-state index in [-0.39, 0.29) is 11.7 Å². The number of halogens is 1. The van der Waals surface area contributed by atoms with E-state index in [0.717, 1.165) is 10.1 Å². The lowest BCUT2D eigenvalue weighted by atomic mass is 10.2. The van der Waals surface area contributed by atoms with Gasteiger partial charge in [0.1, 0.15) is 5.82 Å². The minimum atomic E-state index is -0.389. The van der Waals surface area contributed by atoms with E-state index in [9.17, 15) is 9.18 Å². The Labute approximate surface area is 124 Å². The van der Waals surface area contributed by atoms with Crippen LogP contribution in [0.2, 0.25) is 0 Å². The maximum atomic E-state index is 13.0. The fraction of sp³-hybridized carbons (Fsp3) is 0. The molecule has 0 unspecified atom stereocenters. The van der Waals surface area contributed by atoms with Gasteiger partial charge >= 0.3 is 0 Å². The van der Waals surface area contributed by atoms with Crippen molar-refractivity contribution in [1.29, 1.82) is 0 Å². The third-order valence-electron chi connectivity index (χ3n) is 2.82. The van der Waals surface area contributed by atoms with E-state index in [1.165, 1.54) is 29.9 Å². The number of hydrogen-bond donors (Lipinski definition) is 1. The summed E-state index contributed by atoms with van der Waals surface area (Å²) in [7, 11) is 0. The summed E-state index contributed by atoms with van der Waals surface area (Å²) in [5, 5.41) is 4.61. The number of hydrogen-bond acceptors (Lipinski definition) is 4. The first-order chi connectivity index (χ1) is 10.2. The van der Waals surface area contributed by atoms with Gasteiger partial charge in [-0.15, -0.1) is 0 Å². The molecule has 0 aliphatic carbocycles. The van der Waals surface area contributed by atoms with Gasteiger partial charge in [0.25, 0.3) is 5.91 Å². The van der Waals surface area contributed by atoms with Crippen molar-refractivity contribution in [2.45, 2.75) is 0 Å². The van der Waals surface area contributed by atoms with Crippen molar-refractivity contribution < 1.29 is 9.18 Å². The third-order valence-corrected chi connectivity index (χ3v) is 3.65. The zero-order chi connectivity index (χ0) is 14.7. The molecular formula is C15H10FN3OS. The molecule has 4 nitrogen and oxygen atoms in total. The Balaban J connectivity index is 1.75. The predicted molar refractivity (Wildman–Crippen MR) is 81.1 cm³/mol. The van der Waals surface area contributed by atoms with Crippen molar-refractivity contribution in [2.24, 2.45) is 5.10 Å². The van der Waals surface area contributed by atoms with E-state index in [1.807, 2.05) is 24.3 Å². The van der Waals surface area contributed by atoms with Crippen LogP contribution in [0.3, 0.4) is 0 Å². The minimum absolute atomic E-state index is 0.340. The van der Waals surface area contributed by atoms with E-state index < -0.39 is 0 Å². The fourth-order valence-corrected chi connectivity index (χ4v) is 2.63. The average molecular weight is 299 g/mol. The van der Waals surface area contributed by atoms with Gasteiger partial charge in [0.05, 0.1) is 10.9 Å². The average Bonchev–Trinajstić information content (AvgIpc) is 2.91. The highest BCUT2D eigenvalue weighted by atomic mass is 32.1. The second kappa shape index (κ2) is 5.80. The zero-order valence-corrected chi connectivity index (χ0v) is 11.6. The van der Waals surface area contributed by atoms with Crippen molar-refractivity contribution in [3.63, 3.8) is 0 Å². The smallest absolute Gasteiger partial charge is 0.265 e. The van der Waals surface area contributed by atoms with Crippen LogP contribution >= 0.6 is 11.5 Å². The molecule has 0 spiro atoms. The Hall–Kier alpha value is -2.60. The highest BCUT2D eigenvalue weighted by Crippen LogP contribution is 2.21. The van der Waals surface area contributed by atoms with Crippen LogP contribution in [0.1, 0.15) is 16.1 Å². The van der Waals surface area contributed by atoms with Gasteiger partial charge in [-0.2, -0.15) is 9.47 Å². The van der Waals surface area contributed by atoms with Gasteiger partial charge in [0.15, 0.2) is 5.69 Å². The first-order valence-electron chi connectivity index (χ1n) is 6.17. The van der Waals surface area contributed by atoms with E-state index in [0.29, 0.717) is 11.3 Å². The van der Waals surface area contributed by atoms with Gasteiger partial charge < -0.3 is 0 Å². The summed E-state index contributed by atoms with van der Waals surface area (Å²) < 4.78 is 18.1. The lowest BCUT2D eigenvalue weighted by molar-refractivity contribution is 0.0953. The molecule has 1 N–H and O–H groups in total. The molecule has 0 fully saturated rings. The van der Waals surface area contributed by atoms with Crippen molar-refractivity contribution in [3.8, 4) is 0 Å². The molecule has 6 heteroatoms. The Kier molecular flexibility index (Phi) is 3.70. The molecule has 0 aliphatic heterocycles. The summed E-state index contributed by atoms with van der Waals surface area (Å²) in [6.45, 7) is 0. The van der Waals surface area contributed by atoms with Crippen LogP contribution in [0.4, 0.5) is 4.39 Å². The zero-order valence-electron chi connectivity index (χ0n) is 10.8. The number of carbonyl (C=O) groups excluding carboxylic acids is 1. The van der Waals surface area contributed by atoms with Crippen LogP contribution in [0.25, 0.3) is 10.1 Å². The SMILES string of the molecule is O=C(N/N=C/c1cccc(F)c1)c1nsc2ccccc12. The number of carbonyl (C=O) groups is 1. The highest BCUT2D eigenvalue weighted by Gasteiger charge is 2.12. The summed E-state index contributed by atoms with van der Waals surface area (Å²) in [5.74, 6) is -0.740. The van der Waals surface area contributed by atoms with Gasteiger partial charge in [-0.3, -0.25) is 4.79 Å². The van der Waals surface area contributed by atoms with Gasteiger partial charge in [0, 0.05) is 5.39 Å². The fourth-order valence-electron chi connectivity index (χ4n) is 1.85. The lowest BCUT2D eigenvalue weighted by Gasteiger charge is -1.97. The van der Waals surface area contributed by atoms with E-state index >= 15 is 0 Å². The minimum Gasteiger partial charge on any atom is -0.265 e. The molecule has 1 heterocycles. The molecule has 3 aromatic rings. The topological polar surface area (TPSA) is 54.4 Å². The maximum Gasteiger partial charge on any atom is 0.291 e. The Bertz CT molecular complexity index is 828. The van der Waals surface area contributed by atoms with Gasteiger partial charge in [0.2, 0.25) is 0 Å². The number of aromatic nitrogens is 1. The van der Waals surface area contributed by atoms with Gasteiger partial charge in [-0.25, -0.2) is 9.82 Å². The number of amides is 1. The van der Waals surface area contributed by atoms with Crippen LogP contribution in [0.15, 0.2) is 53.6 Å². The van der Waals surface area contributed by atoms with Crippen LogP contribution in [-0.2, 0) is 0 Å². The second-order valence-corrected chi connectivity index (χ2v) is 5.09. The van der Waals surface area contributed by atoms with Crippen LogP contribution in [0.5, 0.6) is 0 Å². The standard InChI is InChI=1S/C15H10FN3OS/c16-11-5-3-4-10(8-11)9-17-18-15(20)14-12-6-1-2-7-13(12)21-19-14/h1-9H,(H,18,20)/b17-9+. The molecule has 21 heavy (non-hydrogen) atoms. The third kappa shape index (κ3) is 2.95. The number of fused-ring (bicyclic) bond motifs is 1. The first kappa shape index (κ1) is 13.4. The van der Waals surface area contributed by atoms with Crippen molar-refractivity contribution in [3.05, 3.63) is 65.6 Å². The molecule has 0 radical (unpaired) electrons. The summed E-state index contributed by atoms with van der Waals surface area (Å²) in [4.78, 5) is 12.0. The van der Waals surface area contributed by atoms with Crippen molar-refractivity contribution in [1.82, 2.24) is 9.80 Å². The van der Waals surface area contributed by atoms with E-state index in [1.54, 1.807) is 12.1 Å². The quantitative estimate of drug-likeness (QED) is 0.596. The van der Waals surface area contributed by atoms with Crippen LogP contribution in [-0.4, -0.2) is 16.5 Å². The van der Waals surface area contributed by atoms with E-state index in [4.69, 9.17) is 0 Å². The second-order valence-electron chi connectivity index (χ2n) is 4.28. The van der Waals surface area contributed by atoms with Gasteiger partial charge in [-0.1, -0.05) is 30.3 Å². The summed E-state index contributed by atoms with van der Waals surface area (Å²) in [6, 6.07) is 13.4. The molecule has 0 saturated heterocycles. The molecule has 2 aromatic carbocycles. The van der Waals surface area contributed by atoms with Crippen LogP contribution < -0.4 is 5.43 Å². The highest BCUT2D eigenvalue weighted by molar-refractivity contribution is 7.13. The van der Waals surface area contributed by atoms with Crippen molar-refractivity contribution in [2.75, 3.05) is 0 Å². The first-order valence-corrected chi connectivity index (χ1v) is 6.95. The number of nitrogens with one attached hydrogen (secondary N) is 1. The normalized spacial score (nSPS) is 11.1. The monoisotopic (exact) mass is 299 g/mol. The van der Waals surface area contributed by atoms with Crippen LogP contribution in [0, 0.1) is 5.82 Å². The number of rotatable bonds is 3. The molecule has 0 bridgehead atoms. The molecule has 104 valence electrons.